The largest absolute Gasteiger partial charge is 0.337 e. The van der Waals surface area contributed by atoms with Crippen LogP contribution < -0.4 is 5.32 Å². The molecule has 2 heterocycles. The summed E-state index contributed by atoms with van der Waals surface area (Å²) in [7, 11) is 0. The molecule has 1 aromatic heterocycles. The molecular weight excluding hydrogens is 332 g/mol. The second-order valence-electron chi connectivity index (χ2n) is 6.75. The van der Waals surface area contributed by atoms with Gasteiger partial charge in [-0.05, 0) is 30.9 Å². The highest BCUT2D eigenvalue weighted by atomic mass is 16.5. The molecule has 3 amide bonds. The van der Waals surface area contributed by atoms with E-state index in [-0.39, 0.29) is 18.3 Å². The monoisotopic (exact) mass is 356 g/mol. The molecule has 0 radical (unpaired) electrons. The Hall–Kier alpha value is -2.70. The molecule has 7 heteroatoms. The number of carbonyl (C=O) groups excluding carboxylic acids is 2. The number of nitrogens with one attached hydrogen (secondary N) is 1. The van der Waals surface area contributed by atoms with Crippen LogP contribution in [0, 0.1) is 0 Å². The molecule has 0 spiro atoms. The van der Waals surface area contributed by atoms with E-state index < -0.39 is 11.6 Å². The van der Waals surface area contributed by atoms with E-state index in [2.05, 4.69) is 22.4 Å². The summed E-state index contributed by atoms with van der Waals surface area (Å²) >= 11 is 0. The van der Waals surface area contributed by atoms with Crippen LogP contribution in [0.2, 0.25) is 0 Å². The van der Waals surface area contributed by atoms with Gasteiger partial charge in [0, 0.05) is 6.42 Å². The molecule has 1 fully saturated rings. The third-order valence-corrected chi connectivity index (χ3v) is 4.62. The molecule has 1 aliphatic heterocycles. The molecule has 1 aromatic carbocycles. The molecule has 0 aliphatic carbocycles. The fourth-order valence-corrected chi connectivity index (χ4v) is 3.14. The molecule has 7 nitrogen and oxygen atoms in total. The highest BCUT2D eigenvalue weighted by Crippen LogP contribution is 2.30. The Bertz CT molecular complexity index is 799. The number of hydrogen-bond acceptors (Lipinski definition) is 5. The quantitative estimate of drug-likeness (QED) is 0.771. The van der Waals surface area contributed by atoms with E-state index in [1.54, 1.807) is 6.92 Å². The van der Waals surface area contributed by atoms with Crippen LogP contribution in [0.1, 0.15) is 56.5 Å². The van der Waals surface area contributed by atoms with E-state index in [1.165, 1.54) is 5.56 Å². The van der Waals surface area contributed by atoms with Gasteiger partial charge < -0.3 is 9.84 Å². The minimum atomic E-state index is -1.09. The lowest BCUT2D eigenvalue weighted by atomic mass is 9.91. The lowest BCUT2D eigenvalue weighted by molar-refractivity contribution is -0.131. The van der Waals surface area contributed by atoms with Gasteiger partial charge in [0.2, 0.25) is 5.89 Å². The highest BCUT2D eigenvalue weighted by Gasteiger charge is 2.49. The number of hydrogen-bond donors (Lipinski definition) is 1. The molecule has 0 bridgehead atoms. The Morgan fingerprint density at radius 1 is 1.12 bits per heavy atom. The standard InChI is InChI=1S/C19H24N4O3/c1-4-6-13-8-10-14(11-9-13)19(3)17(24)23(18(25)21-19)12-16-20-15(7-5-2)22-26-16/h8-11H,4-7,12H2,1-3H3,(H,21,25). The van der Waals surface area contributed by atoms with Crippen LogP contribution in [0.4, 0.5) is 4.79 Å². The van der Waals surface area contributed by atoms with Crippen molar-refractivity contribution >= 4 is 11.9 Å². The summed E-state index contributed by atoms with van der Waals surface area (Å²) in [4.78, 5) is 30.7. The Balaban J connectivity index is 1.78. The summed E-state index contributed by atoms with van der Waals surface area (Å²) in [5.74, 6) is 0.532. The number of benzene rings is 1. The average Bonchev–Trinajstić information content (AvgIpc) is 3.15. The van der Waals surface area contributed by atoms with Crippen molar-refractivity contribution in [1.29, 1.82) is 0 Å². The van der Waals surface area contributed by atoms with E-state index in [0.717, 1.165) is 29.7 Å². The number of amides is 3. The van der Waals surface area contributed by atoms with Gasteiger partial charge in [0.1, 0.15) is 12.1 Å². The molecule has 1 saturated heterocycles. The highest BCUT2D eigenvalue weighted by molar-refractivity contribution is 6.07. The van der Waals surface area contributed by atoms with Gasteiger partial charge in [0.15, 0.2) is 5.82 Å². The van der Waals surface area contributed by atoms with Gasteiger partial charge in [0.05, 0.1) is 0 Å². The predicted molar refractivity (Wildman–Crippen MR) is 95.2 cm³/mol. The van der Waals surface area contributed by atoms with Crippen LogP contribution in [-0.4, -0.2) is 27.0 Å². The van der Waals surface area contributed by atoms with Gasteiger partial charge in [-0.3, -0.25) is 9.69 Å². The zero-order valence-electron chi connectivity index (χ0n) is 15.4. The van der Waals surface area contributed by atoms with E-state index in [4.69, 9.17) is 4.52 Å². The molecule has 138 valence electrons. The molecule has 2 aromatic rings. The maximum atomic E-state index is 12.9. The molecule has 1 aliphatic rings. The van der Waals surface area contributed by atoms with E-state index in [1.807, 2.05) is 31.2 Å². The fourth-order valence-electron chi connectivity index (χ4n) is 3.14. The third-order valence-electron chi connectivity index (χ3n) is 4.62. The number of rotatable bonds is 7. The normalized spacial score (nSPS) is 19.9. The van der Waals surface area contributed by atoms with Crippen LogP contribution >= 0.6 is 0 Å². The summed E-state index contributed by atoms with van der Waals surface area (Å²) in [5, 5.41) is 6.66. The van der Waals surface area contributed by atoms with E-state index in [9.17, 15) is 9.59 Å². The number of urea groups is 1. The number of carbonyl (C=O) groups is 2. The summed E-state index contributed by atoms with van der Waals surface area (Å²) in [6, 6.07) is 7.35. The first-order valence-electron chi connectivity index (χ1n) is 9.03. The van der Waals surface area contributed by atoms with Crippen LogP contribution in [0.5, 0.6) is 0 Å². The molecule has 1 N–H and O–H groups in total. The first-order valence-corrected chi connectivity index (χ1v) is 9.03. The van der Waals surface area contributed by atoms with Gasteiger partial charge in [-0.15, -0.1) is 0 Å². The third kappa shape index (κ3) is 3.34. The Labute approximate surface area is 152 Å². The van der Waals surface area contributed by atoms with Crippen LogP contribution in [0.3, 0.4) is 0 Å². The zero-order chi connectivity index (χ0) is 18.7. The zero-order valence-corrected chi connectivity index (χ0v) is 15.4. The summed E-state index contributed by atoms with van der Waals surface area (Å²) < 4.78 is 5.16. The minimum absolute atomic E-state index is 0.0229. The number of nitrogens with zero attached hydrogens (tertiary/aromatic N) is 3. The predicted octanol–water partition coefficient (Wildman–Crippen LogP) is 2.94. The summed E-state index contributed by atoms with van der Waals surface area (Å²) in [6.45, 7) is 5.84. The van der Waals surface area contributed by atoms with Crippen molar-refractivity contribution in [3.05, 3.63) is 47.1 Å². The van der Waals surface area contributed by atoms with Gasteiger partial charge in [-0.25, -0.2) is 4.79 Å². The van der Waals surface area contributed by atoms with Crippen LogP contribution in [-0.2, 0) is 29.7 Å². The van der Waals surface area contributed by atoms with E-state index in [0.29, 0.717) is 12.2 Å². The molecule has 26 heavy (non-hydrogen) atoms. The first kappa shape index (κ1) is 18.1. The van der Waals surface area contributed by atoms with Gasteiger partial charge in [-0.2, -0.15) is 4.98 Å². The lowest BCUT2D eigenvalue weighted by Gasteiger charge is -2.22. The molecule has 0 saturated carbocycles. The number of aryl methyl sites for hydroxylation is 2. The first-order chi connectivity index (χ1) is 12.5. The lowest BCUT2D eigenvalue weighted by Crippen LogP contribution is -2.40. The van der Waals surface area contributed by atoms with Crippen molar-refractivity contribution < 1.29 is 14.1 Å². The van der Waals surface area contributed by atoms with Crippen molar-refractivity contribution in [2.75, 3.05) is 0 Å². The molecule has 1 unspecified atom stereocenters. The summed E-state index contributed by atoms with van der Waals surface area (Å²) in [6.07, 6.45) is 3.64. The van der Waals surface area contributed by atoms with Gasteiger partial charge >= 0.3 is 6.03 Å². The second-order valence-corrected chi connectivity index (χ2v) is 6.75. The van der Waals surface area contributed by atoms with Gasteiger partial charge in [-0.1, -0.05) is 49.7 Å². The fraction of sp³-hybridized carbons (Fsp3) is 0.474. The number of imide groups is 1. The second kappa shape index (κ2) is 7.27. The Kier molecular flexibility index (Phi) is 5.06. The average molecular weight is 356 g/mol. The molecule has 1 atom stereocenters. The van der Waals surface area contributed by atoms with E-state index >= 15 is 0 Å². The molecular formula is C19H24N4O3. The smallest absolute Gasteiger partial charge is 0.325 e. The SMILES string of the molecule is CCCc1ccc(C2(C)NC(=O)N(Cc3nc(CCC)no3)C2=O)cc1. The van der Waals surface area contributed by atoms with Crippen LogP contribution in [0.15, 0.2) is 28.8 Å². The maximum Gasteiger partial charge on any atom is 0.325 e. The van der Waals surface area contributed by atoms with Crippen molar-refractivity contribution in [2.45, 2.75) is 58.5 Å². The van der Waals surface area contributed by atoms with Crippen molar-refractivity contribution in [3.63, 3.8) is 0 Å². The van der Waals surface area contributed by atoms with Crippen molar-refractivity contribution in [3.8, 4) is 0 Å². The topological polar surface area (TPSA) is 88.3 Å². The number of aromatic nitrogens is 2. The van der Waals surface area contributed by atoms with Crippen molar-refractivity contribution in [1.82, 2.24) is 20.4 Å². The Morgan fingerprint density at radius 3 is 2.46 bits per heavy atom. The minimum Gasteiger partial charge on any atom is -0.337 e. The Morgan fingerprint density at radius 2 is 1.81 bits per heavy atom. The maximum absolute atomic E-state index is 12.9. The molecule has 3 rings (SSSR count). The van der Waals surface area contributed by atoms with Crippen LogP contribution in [0.25, 0.3) is 0 Å². The van der Waals surface area contributed by atoms with Gasteiger partial charge in [0.25, 0.3) is 5.91 Å². The summed E-state index contributed by atoms with van der Waals surface area (Å²) in [5.41, 5.74) is 0.881. The van der Waals surface area contributed by atoms with Crippen molar-refractivity contribution in [2.24, 2.45) is 0 Å².